The molecule has 4 aromatic rings. The lowest BCUT2D eigenvalue weighted by atomic mass is 9.88. The number of ether oxygens (including phenoxy) is 1. The summed E-state index contributed by atoms with van der Waals surface area (Å²) >= 11 is 0. The number of Topliss-reactive ketones (excluding diaryl/α,β-unsaturated/α-hetero) is 1. The molecule has 2 amide bonds. The fraction of sp³-hybridized carbons (Fsp3) is 0.167. The molecule has 0 saturated carbocycles. The van der Waals surface area contributed by atoms with E-state index < -0.39 is 41.9 Å². The SMILES string of the molecule is CC(=O)c1ccc(N2C(=O)[C@@H]3[C@H](C2=O)[C@@H]2C=Cc4ccccc4N2[C@@H]3C(=O)OC(c2ccccc2)c2ccccc2)cc1. The van der Waals surface area contributed by atoms with E-state index in [4.69, 9.17) is 4.74 Å². The Morgan fingerprint density at radius 2 is 1.30 bits per heavy atom. The number of para-hydroxylation sites is 1. The molecular formula is C36H28N2O5. The van der Waals surface area contributed by atoms with Gasteiger partial charge in [-0.25, -0.2) is 9.69 Å². The van der Waals surface area contributed by atoms with E-state index in [2.05, 4.69) is 0 Å². The average Bonchev–Trinajstić information content (AvgIpc) is 3.53. The normalized spacial score (nSPS) is 21.9. The van der Waals surface area contributed by atoms with Gasteiger partial charge < -0.3 is 9.64 Å². The summed E-state index contributed by atoms with van der Waals surface area (Å²) in [6.07, 6.45) is 3.15. The van der Waals surface area contributed by atoms with E-state index in [1.165, 1.54) is 6.92 Å². The van der Waals surface area contributed by atoms with Gasteiger partial charge >= 0.3 is 5.97 Å². The first-order chi connectivity index (χ1) is 20.9. The summed E-state index contributed by atoms with van der Waals surface area (Å²) in [6.45, 7) is 1.46. The van der Waals surface area contributed by atoms with Gasteiger partial charge in [0.15, 0.2) is 11.9 Å². The Labute approximate surface area is 249 Å². The highest BCUT2D eigenvalue weighted by Crippen LogP contribution is 2.49. The van der Waals surface area contributed by atoms with Crippen LogP contribution in [0.15, 0.2) is 115 Å². The Morgan fingerprint density at radius 1 is 0.721 bits per heavy atom. The van der Waals surface area contributed by atoms with Crippen molar-refractivity contribution in [1.29, 1.82) is 0 Å². The number of benzene rings is 4. The molecule has 0 aromatic heterocycles. The number of esters is 1. The minimum atomic E-state index is -1.03. The van der Waals surface area contributed by atoms with Gasteiger partial charge in [0.2, 0.25) is 11.8 Å². The molecule has 43 heavy (non-hydrogen) atoms. The summed E-state index contributed by atoms with van der Waals surface area (Å²) in [5.41, 5.74) is 4.13. The minimum absolute atomic E-state index is 0.113. The van der Waals surface area contributed by atoms with Gasteiger partial charge in [-0.2, -0.15) is 0 Å². The second kappa shape index (κ2) is 10.5. The molecule has 4 aromatic carbocycles. The van der Waals surface area contributed by atoms with Crippen molar-refractivity contribution in [3.05, 3.63) is 138 Å². The van der Waals surface area contributed by atoms with Crippen molar-refractivity contribution in [2.24, 2.45) is 11.8 Å². The highest BCUT2D eigenvalue weighted by molar-refractivity contribution is 6.24. The lowest BCUT2D eigenvalue weighted by Gasteiger charge is -2.36. The van der Waals surface area contributed by atoms with Gasteiger partial charge in [-0.1, -0.05) is 91.0 Å². The number of carbonyl (C=O) groups is 4. The van der Waals surface area contributed by atoms with Crippen molar-refractivity contribution in [3.8, 4) is 0 Å². The molecule has 3 aliphatic heterocycles. The maximum absolute atomic E-state index is 14.4. The van der Waals surface area contributed by atoms with E-state index in [-0.39, 0.29) is 11.7 Å². The van der Waals surface area contributed by atoms with Crippen LogP contribution in [0.4, 0.5) is 11.4 Å². The molecule has 2 fully saturated rings. The number of nitrogens with zero attached hydrogens (tertiary/aromatic N) is 2. The molecule has 0 bridgehead atoms. The molecule has 0 aliphatic carbocycles. The zero-order valence-electron chi connectivity index (χ0n) is 23.4. The zero-order valence-corrected chi connectivity index (χ0v) is 23.4. The fourth-order valence-electron chi connectivity index (χ4n) is 6.65. The predicted octanol–water partition coefficient (Wildman–Crippen LogP) is 5.61. The third-order valence-corrected chi connectivity index (χ3v) is 8.63. The van der Waals surface area contributed by atoms with E-state index in [0.717, 1.165) is 27.3 Å². The van der Waals surface area contributed by atoms with Crippen molar-refractivity contribution < 1.29 is 23.9 Å². The molecule has 3 aliphatic rings. The average molecular weight is 569 g/mol. The minimum Gasteiger partial charge on any atom is -0.451 e. The number of anilines is 2. The first-order valence-corrected chi connectivity index (χ1v) is 14.3. The van der Waals surface area contributed by atoms with Crippen molar-refractivity contribution in [2.45, 2.75) is 25.1 Å². The standard InChI is InChI=1S/C36H28N2O5/c1-22(39)23-16-19-27(20-17-23)37-34(40)30-29-21-18-24-10-8-9-15-28(24)38(29)32(31(30)35(37)41)36(42)43-33(25-11-4-2-5-12-25)26-13-6-3-7-14-26/h2-21,29-33H,1H3/t29-,30+,31+,32-/m0/s1. The lowest BCUT2D eigenvalue weighted by Crippen LogP contribution is -2.49. The molecule has 2 saturated heterocycles. The summed E-state index contributed by atoms with van der Waals surface area (Å²) in [7, 11) is 0. The van der Waals surface area contributed by atoms with Crippen molar-refractivity contribution in [2.75, 3.05) is 9.80 Å². The Balaban J connectivity index is 1.30. The molecular weight excluding hydrogens is 540 g/mol. The number of amides is 2. The van der Waals surface area contributed by atoms with E-state index in [9.17, 15) is 19.2 Å². The quantitative estimate of drug-likeness (QED) is 0.171. The van der Waals surface area contributed by atoms with Crippen molar-refractivity contribution in [3.63, 3.8) is 0 Å². The van der Waals surface area contributed by atoms with Crippen LogP contribution in [0.1, 0.15) is 40.1 Å². The zero-order chi connectivity index (χ0) is 29.7. The topological polar surface area (TPSA) is 84.0 Å². The van der Waals surface area contributed by atoms with Crippen molar-refractivity contribution in [1.82, 2.24) is 0 Å². The molecule has 0 spiro atoms. The van der Waals surface area contributed by atoms with E-state index in [0.29, 0.717) is 11.3 Å². The Kier molecular flexibility index (Phi) is 6.50. The van der Waals surface area contributed by atoms with Crippen LogP contribution in [0.3, 0.4) is 0 Å². The molecule has 0 N–H and O–H groups in total. The first kappa shape index (κ1) is 26.6. The number of ketones is 1. The van der Waals surface area contributed by atoms with Crippen LogP contribution in [-0.2, 0) is 19.1 Å². The van der Waals surface area contributed by atoms with E-state index in [1.807, 2.05) is 102 Å². The molecule has 4 atom stereocenters. The highest BCUT2D eigenvalue weighted by Gasteiger charge is 2.65. The lowest BCUT2D eigenvalue weighted by molar-refractivity contribution is -0.151. The maximum Gasteiger partial charge on any atom is 0.330 e. The number of hydrogen-bond acceptors (Lipinski definition) is 6. The summed E-state index contributed by atoms with van der Waals surface area (Å²) in [4.78, 5) is 57.5. The molecule has 212 valence electrons. The maximum atomic E-state index is 14.4. The number of imide groups is 1. The van der Waals surface area contributed by atoms with Crippen LogP contribution >= 0.6 is 0 Å². The van der Waals surface area contributed by atoms with Crippen LogP contribution < -0.4 is 9.80 Å². The molecule has 0 radical (unpaired) electrons. The van der Waals surface area contributed by atoms with Crippen LogP contribution in [0.2, 0.25) is 0 Å². The number of fused-ring (bicyclic) bond motifs is 5. The number of hydrogen-bond donors (Lipinski definition) is 0. The van der Waals surface area contributed by atoms with E-state index in [1.54, 1.807) is 24.3 Å². The Morgan fingerprint density at radius 3 is 1.93 bits per heavy atom. The smallest absolute Gasteiger partial charge is 0.330 e. The Hall–Kier alpha value is -5.30. The molecule has 0 unspecified atom stereocenters. The van der Waals surface area contributed by atoms with Crippen LogP contribution in [0.25, 0.3) is 6.08 Å². The van der Waals surface area contributed by atoms with Gasteiger partial charge in [0.1, 0.15) is 6.04 Å². The van der Waals surface area contributed by atoms with Gasteiger partial charge in [-0.05, 0) is 53.9 Å². The Bertz CT molecular complexity index is 1730. The summed E-state index contributed by atoms with van der Waals surface area (Å²) in [6, 6.07) is 31.5. The third-order valence-electron chi connectivity index (χ3n) is 8.63. The van der Waals surface area contributed by atoms with Gasteiger partial charge in [0.25, 0.3) is 0 Å². The fourth-order valence-corrected chi connectivity index (χ4v) is 6.65. The van der Waals surface area contributed by atoms with Crippen molar-refractivity contribution >= 4 is 41.0 Å². The summed E-state index contributed by atoms with van der Waals surface area (Å²) < 4.78 is 6.32. The molecule has 7 nitrogen and oxygen atoms in total. The monoisotopic (exact) mass is 568 g/mol. The third kappa shape index (κ3) is 4.36. The van der Waals surface area contributed by atoms with Gasteiger partial charge in [-0.3, -0.25) is 14.4 Å². The second-order valence-corrected chi connectivity index (χ2v) is 11.1. The van der Waals surface area contributed by atoms with Crippen LogP contribution in [0, 0.1) is 11.8 Å². The molecule has 7 rings (SSSR count). The van der Waals surface area contributed by atoms with E-state index >= 15 is 0 Å². The molecule has 3 heterocycles. The van der Waals surface area contributed by atoms with Gasteiger partial charge in [0.05, 0.1) is 23.6 Å². The summed E-state index contributed by atoms with van der Waals surface area (Å²) in [5.74, 6) is -3.26. The van der Waals surface area contributed by atoms with Crippen LogP contribution in [-0.4, -0.2) is 35.7 Å². The number of rotatable bonds is 6. The number of carbonyl (C=O) groups excluding carboxylic acids is 4. The first-order valence-electron chi connectivity index (χ1n) is 14.3. The van der Waals surface area contributed by atoms with Crippen LogP contribution in [0.5, 0.6) is 0 Å². The largest absolute Gasteiger partial charge is 0.451 e. The predicted molar refractivity (Wildman–Crippen MR) is 162 cm³/mol. The van der Waals surface area contributed by atoms with Gasteiger partial charge in [-0.15, -0.1) is 0 Å². The highest BCUT2D eigenvalue weighted by atomic mass is 16.5. The molecule has 7 heteroatoms. The summed E-state index contributed by atoms with van der Waals surface area (Å²) in [5, 5.41) is 0. The van der Waals surface area contributed by atoms with Gasteiger partial charge in [0, 0.05) is 11.3 Å². The second-order valence-electron chi connectivity index (χ2n) is 11.1.